The molecule has 0 aliphatic carbocycles. The number of aliphatic hydroxyl groups is 1. The van der Waals surface area contributed by atoms with E-state index in [1.54, 1.807) is 24.3 Å². The number of phenols is 1. The van der Waals surface area contributed by atoms with E-state index in [-0.39, 0.29) is 17.1 Å². The molecule has 7 heteroatoms. The number of carbonyl (C=O) groups is 2. The Balaban J connectivity index is 2.16. The summed E-state index contributed by atoms with van der Waals surface area (Å²) in [5, 5.41) is 20.3. The fraction of sp³-hybridized carbons (Fsp3) is 0.200. The highest BCUT2D eigenvalue weighted by molar-refractivity contribution is 6.46. The lowest BCUT2D eigenvalue weighted by Gasteiger charge is -2.21. The molecule has 2 aromatic carbocycles. The number of ether oxygens (including phenoxy) is 2. The zero-order chi connectivity index (χ0) is 19.7. The van der Waals surface area contributed by atoms with Crippen LogP contribution in [0.3, 0.4) is 0 Å². The number of hydrogen-bond acceptors (Lipinski definition) is 6. The normalized spacial score (nSPS) is 18.6. The Kier molecular flexibility index (Phi) is 4.77. The van der Waals surface area contributed by atoms with Crippen LogP contribution < -0.4 is 9.47 Å². The molecule has 0 bridgehead atoms. The van der Waals surface area contributed by atoms with Crippen molar-refractivity contribution in [3.05, 3.63) is 59.2 Å². The van der Waals surface area contributed by atoms with Gasteiger partial charge in [-0.05, 0) is 35.9 Å². The number of carbonyl (C=O) groups excluding carboxylic acids is 2. The molecule has 0 unspecified atom stereocenters. The first-order valence-electron chi connectivity index (χ1n) is 8.15. The number of amides is 1. The van der Waals surface area contributed by atoms with Crippen LogP contribution in [0, 0.1) is 0 Å². The Bertz CT molecular complexity index is 932. The van der Waals surface area contributed by atoms with E-state index in [1.807, 2.05) is 0 Å². The number of methoxy groups -OCH3 is 2. The summed E-state index contributed by atoms with van der Waals surface area (Å²) in [7, 11) is 4.45. The van der Waals surface area contributed by atoms with Crippen LogP contribution in [0.2, 0.25) is 0 Å². The monoisotopic (exact) mass is 369 g/mol. The van der Waals surface area contributed by atoms with Crippen LogP contribution in [0.1, 0.15) is 17.2 Å². The minimum atomic E-state index is -0.775. The van der Waals surface area contributed by atoms with Crippen molar-refractivity contribution >= 4 is 17.4 Å². The summed E-state index contributed by atoms with van der Waals surface area (Å²) in [6, 6.07) is 10.1. The Morgan fingerprint density at radius 3 is 2.22 bits per heavy atom. The van der Waals surface area contributed by atoms with Crippen molar-refractivity contribution in [2.45, 2.75) is 6.04 Å². The van der Waals surface area contributed by atoms with Gasteiger partial charge in [0.05, 0.1) is 25.8 Å². The molecule has 3 rings (SSSR count). The zero-order valence-corrected chi connectivity index (χ0v) is 15.1. The molecule has 7 nitrogen and oxygen atoms in total. The van der Waals surface area contributed by atoms with Crippen molar-refractivity contribution in [1.82, 2.24) is 4.90 Å². The van der Waals surface area contributed by atoms with Gasteiger partial charge in [0.2, 0.25) is 0 Å². The molecule has 27 heavy (non-hydrogen) atoms. The predicted octanol–water partition coefficient (Wildman–Crippen LogP) is 2.46. The summed E-state index contributed by atoms with van der Waals surface area (Å²) < 4.78 is 10.4. The summed E-state index contributed by atoms with van der Waals surface area (Å²) in [6.07, 6.45) is 0. The highest BCUT2D eigenvalue weighted by Gasteiger charge is 2.44. The maximum atomic E-state index is 12.5. The lowest BCUT2D eigenvalue weighted by molar-refractivity contribution is -0.139. The number of hydrogen-bond donors (Lipinski definition) is 2. The standard InChI is InChI=1S/C20H19NO6/c1-21-17(11-4-7-13(22)8-5-11)16(19(24)20(21)25)18(23)12-6-9-14(26-2)15(10-12)27-3/h4-10,17,22-23H,1-3H3/t17-/m0/s1. The number of benzene rings is 2. The van der Waals surface area contributed by atoms with Gasteiger partial charge in [-0.25, -0.2) is 0 Å². The van der Waals surface area contributed by atoms with Gasteiger partial charge in [-0.15, -0.1) is 0 Å². The number of likely N-dealkylation sites (tertiary alicyclic amines) is 1. The zero-order valence-electron chi connectivity index (χ0n) is 15.1. The van der Waals surface area contributed by atoms with Crippen molar-refractivity contribution in [2.75, 3.05) is 21.3 Å². The van der Waals surface area contributed by atoms with E-state index in [0.717, 1.165) is 0 Å². The first kappa shape index (κ1) is 18.3. The molecule has 1 atom stereocenters. The number of ketones is 1. The van der Waals surface area contributed by atoms with E-state index >= 15 is 0 Å². The van der Waals surface area contributed by atoms with Crippen LogP contribution in [0.25, 0.3) is 5.76 Å². The third-order valence-electron chi connectivity index (χ3n) is 4.54. The van der Waals surface area contributed by atoms with Crippen LogP contribution in [0.4, 0.5) is 0 Å². The van der Waals surface area contributed by atoms with Gasteiger partial charge in [0.15, 0.2) is 11.5 Å². The third kappa shape index (κ3) is 3.08. The number of Topliss-reactive ketones (excluding diaryl/α,β-unsaturated/α-hetero) is 1. The summed E-state index contributed by atoms with van der Waals surface area (Å²) in [5.74, 6) is -0.880. The molecule has 0 aromatic heterocycles. The number of phenolic OH excluding ortho intramolecular Hbond substituents is 1. The minimum Gasteiger partial charge on any atom is -0.508 e. The van der Waals surface area contributed by atoms with Crippen LogP contribution in [0.5, 0.6) is 17.2 Å². The SMILES string of the molecule is COc1ccc(C(O)=C2C(=O)C(=O)N(C)[C@H]2c2ccc(O)cc2)cc1OC. The number of aromatic hydroxyl groups is 1. The molecule has 140 valence electrons. The second-order valence-electron chi connectivity index (χ2n) is 6.07. The quantitative estimate of drug-likeness (QED) is 0.488. The molecule has 0 spiro atoms. The van der Waals surface area contributed by atoms with E-state index in [0.29, 0.717) is 22.6 Å². The van der Waals surface area contributed by atoms with E-state index in [4.69, 9.17) is 9.47 Å². The highest BCUT2D eigenvalue weighted by atomic mass is 16.5. The molecule has 1 aliphatic rings. The van der Waals surface area contributed by atoms with Crippen LogP contribution in [-0.4, -0.2) is 48.1 Å². The fourth-order valence-corrected chi connectivity index (χ4v) is 3.13. The highest BCUT2D eigenvalue weighted by Crippen LogP contribution is 2.40. The molecule has 1 aliphatic heterocycles. The molecule has 1 amide bonds. The molecule has 0 saturated carbocycles. The molecule has 2 N–H and O–H groups in total. The average molecular weight is 369 g/mol. The van der Waals surface area contributed by atoms with E-state index in [1.165, 1.54) is 44.4 Å². The molecule has 1 saturated heterocycles. The summed E-state index contributed by atoms with van der Waals surface area (Å²) >= 11 is 0. The second kappa shape index (κ2) is 7.03. The summed E-state index contributed by atoms with van der Waals surface area (Å²) in [5.41, 5.74) is 0.889. The molecule has 1 fully saturated rings. The molecular formula is C20H19NO6. The smallest absolute Gasteiger partial charge is 0.295 e. The molecule has 2 aromatic rings. The number of nitrogens with zero attached hydrogens (tertiary/aromatic N) is 1. The van der Waals surface area contributed by atoms with Crippen molar-refractivity contribution in [2.24, 2.45) is 0 Å². The topological polar surface area (TPSA) is 96.3 Å². The first-order valence-corrected chi connectivity index (χ1v) is 8.15. The Morgan fingerprint density at radius 2 is 1.63 bits per heavy atom. The molecule has 0 radical (unpaired) electrons. The van der Waals surface area contributed by atoms with Gasteiger partial charge in [0, 0.05) is 12.6 Å². The number of aliphatic hydroxyl groups excluding tert-OH is 1. The first-order chi connectivity index (χ1) is 12.9. The average Bonchev–Trinajstić information content (AvgIpc) is 2.91. The Labute approximate surface area is 156 Å². The number of likely N-dealkylation sites (N-methyl/N-ethyl adjacent to an activating group) is 1. The molecular weight excluding hydrogens is 350 g/mol. The van der Waals surface area contributed by atoms with Gasteiger partial charge in [0.25, 0.3) is 11.7 Å². The predicted molar refractivity (Wildman–Crippen MR) is 97.7 cm³/mol. The van der Waals surface area contributed by atoms with Crippen molar-refractivity contribution in [3.8, 4) is 17.2 Å². The van der Waals surface area contributed by atoms with Gasteiger partial charge in [0.1, 0.15) is 11.5 Å². The third-order valence-corrected chi connectivity index (χ3v) is 4.54. The van der Waals surface area contributed by atoms with Crippen molar-refractivity contribution in [1.29, 1.82) is 0 Å². The van der Waals surface area contributed by atoms with E-state index in [2.05, 4.69) is 0 Å². The lowest BCUT2D eigenvalue weighted by Crippen LogP contribution is -2.24. The minimum absolute atomic E-state index is 0.0274. The fourth-order valence-electron chi connectivity index (χ4n) is 3.13. The number of rotatable bonds is 4. The van der Waals surface area contributed by atoms with Gasteiger partial charge >= 0.3 is 0 Å². The van der Waals surface area contributed by atoms with E-state index in [9.17, 15) is 19.8 Å². The summed E-state index contributed by atoms with van der Waals surface area (Å²) in [4.78, 5) is 26.1. The maximum Gasteiger partial charge on any atom is 0.295 e. The van der Waals surface area contributed by atoms with Crippen LogP contribution in [-0.2, 0) is 9.59 Å². The summed E-state index contributed by atoms with van der Waals surface area (Å²) in [6.45, 7) is 0. The maximum absolute atomic E-state index is 12.5. The van der Waals surface area contributed by atoms with Gasteiger partial charge < -0.3 is 24.6 Å². The van der Waals surface area contributed by atoms with Gasteiger partial charge in [-0.2, -0.15) is 0 Å². The van der Waals surface area contributed by atoms with Crippen molar-refractivity contribution in [3.63, 3.8) is 0 Å². The van der Waals surface area contributed by atoms with E-state index < -0.39 is 17.7 Å². The Hall–Kier alpha value is -3.48. The second-order valence-corrected chi connectivity index (χ2v) is 6.07. The van der Waals surface area contributed by atoms with Crippen molar-refractivity contribution < 1.29 is 29.3 Å². The van der Waals surface area contributed by atoms with Crippen LogP contribution in [0.15, 0.2) is 48.0 Å². The lowest BCUT2D eigenvalue weighted by atomic mass is 9.95. The van der Waals surface area contributed by atoms with Crippen LogP contribution >= 0.6 is 0 Å². The largest absolute Gasteiger partial charge is 0.508 e. The van der Waals surface area contributed by atoms with Gasteiger partial charge in [-0.1, -0.05) is 12.1 Å². The van der Waals surface area contributed by atoms with Gasteiger partial charge in [-0.3, -0.25) is 9.59 Å². The Morgan fingerprint density at radius 1 is 1.00 bits per heavy atom. The molecule has 1 heterocycles.